The molecule has 1 aromatic heterocycles. The van der Waals surface area contributed by atoms with E-state index in [0.29, 0.717) is 18.6 Å². The van der Waals surface area contributed by atoms with Crippen molar-refractivity contribution in [3.63, 3.8) is 0 Å². The van der Waals surface area contributed by atoms with Gasteiger partial charge in [-0.1, -0.05) is 18.2 Å². The van der Waals surface area contributed by atoms with Gasteiger partial charge in [0.2, 0.25) is 18.0 Å². The van der Waals surface area contributed by atoms with Gasteiger partial charge in [0.25, 0.3) is 0 Å². The monoisotopic (exact) mass is 401 g/mol. The first-order valence-corrected chi connectivity index (χ1v) is 9.51. The summed E-state index contributed by atoms with van der Waals surface area (Å²) in [4.78, 5) is 33.8. The predicted octanol–water partition coefficient (Wildman–Crippen LogP) is 2.87. The van der Waals surface area contributed by atoms with Crippen LogP contribution in [0.5, 0.6) is 0 Å². The van der Waals surface area contributed by atoms with E-state index in [1.54, 1.807) is 17.7 Å². The molecule has 0 aliphatic heterocycles. The zero-order valence-electron chi connectivity index (χ0n) is 16.1. The molecule has 1 aliphatic rings. The van der Waals surface area contributed by atoms with Crippen molar-refractivity contribution in [3.8, 4) is 0 Å². The molecule has 154 valence electrons. The molecule has 0 saturated heterocycles. The van der Waals surface area contributed by atoms with E-state index in [1.807, 2.05) is 30.3 Å². The Kier molecular flexibility index (Phi) is 6.20. The fraction of sp³-hybridized carbons (Fsp3) is 0.474. The number of rotatable bonds is 7. The summed E-state index contributed by atoms with van der Waals surface area (Å²) in [7, 11) is 0. The lowest BCUT2D eigenvalue weighted by molar-refractivity contribution is -0.570. The molecule has 3 atom stereocenters. The van der Waals surface area contributed by atoms with Crippen LogP contribution in [0.3, 0.4) is 0 Å². The van der Waals surface area contributed by atoms with Crippen LogP contribution in [0.25, 0.3) is 10.9 Å². The quantitative estimate of drug-likeness (QED) is 0.431. The van der Waals surface area contributed by atoms with E-state index in [1.165, 1.54) is 0 Å². The van der Waals surface area contributed by atoms with E-state index in [0.717, 1.165) is 10.9 Å². The van der Waals surface area contributed by atoms with Gasteiger partial charge in [0.05, 0.1) is 11.9 Å². The Hall–Kier alpha value is -3.30. The molecule has 1 N–H and O–H groups in total. The zero-order valence-corrected chi connectivity index (χ0v) is 16.1. The Bertz CT molecular complexity index is 953. The van der Waals surface area contributed by atoms with Gasteiger partial charge in [-0.25, -0.2) is 0 Å². The molecule has 10 nitrogen and oxygen atoms in total. The number of carbonyl (C=O) groups is 1. The first-order valence-electron chi connectivity index (χ1n) is 9.51. The van der Waals surface area contributed by atoms with Crippen LogP contribution in [-0.4, -0.2) is 44.2 Å². The van der Waals surface area contributed by atoms with Gasteiger partial charge in [-0.2, -0.15) is 5.10 Å². The van der Waals surface area contributed by atoms with Crippen molar-refractivity contribution in [1.82, 2.24) is 9.99 Å². The van der Waals surface area contributed by atoms with Gasteiger partial charge in [0, 0.05) is 40.0 Å². The molecule has 1 saturated carbocycles. The van der Waals surface area contributed by atoms with Crippen molar-refractivity contribution in [1.29, 1.82) is 0 Å². The third kappa shape index (κ3) is 4.76. The Morgan fingerprint density at radius 3 is 2.66 bits per heavy atom. The highest BCUT2D eigenvalue weighted by Gasteiger charge is 2.43. The lowest BCUT2D eigenvalue weighted by atomic mass is 9.88. The van der Waals surface area contributed by atoms with Crippen molar-refractivity contribution < 1.29 is 14.6 Å². The van der Waals surface area contributed by atoms with Crippen LogP contribution in [-0.2, 0) is 0 Å². The minimum absolute atomic E-state index is 0.0598. The topological polar surface area (TPSA) is 133 Å². The lowest BCUT2D eigenvalue weighted by Crippen LogP contribution is -2.49. The first-order chi connectivity index (χ1) is 13.9. The third-order valence-electron chi connectivity index (χ3n) is 5.35. The largest absolute Gasteiger partial charge is 0.300 e. The summed E-state index contributed by atoms with van der Waals surface area (Å²) in [6, 6.07) is 7.00. The molecule has 1 heterocycles. The number of nitrogens with one attached hydrogen (secondary N) is 1. The number of benzene rings is 1. The van der Waals surface area contributed by atoms with Crippen LogP contribution >= 0.6 is 0 Å². The average Bonchev–Trinajstić information content (AvgIpc) is 3.14. The molecule has 3 rings (SSSR count). The standard InChI is InChI=1S/C19H23N5O5/c1-13(6-9-19(25)22-11-10-14-4-2-3-5-17(14)22)20-21-16-8-7-15(23(26)27)12-18(16)24(28)29/h2-5,10-11,15-16,18,21H,6-9,12H2,1H3/b20-13+. The smallest absolute Gasteiger partial charge is 0.241 e. The SMILES string of the molecule is C/C(CCC(=O)n1ccc2ccccc21)=N\NC1CCC([N+](=O)[O-])CC1[N+](=O)[O-]. The second kappa shape index (κ2) is 8.80. The summed E-state index contributed by atoms with van der Waals surface area (Å²) in [5.41, 5.74) is 4.30. The van der Waals surface area contributed by atoms with Crippen molar-refractivity contribution in [2.75, 3.05) is 0 Å². The zero-order chi connectivity index (χ0) is 21.0. The van der Waals surface area contributed by atoms with Crippen LogP contribution in [0.1, 0.15) is 43.8 Å². The maximum atomic E-state index is 12.5. The predicted molar refractivity (Wildman–Crippen MR) is 107 cm³/mol. The van der Waals surface area contributed by atoms with E-state index < -0.39 is 28.0 Å². The Morgan fingerprint density at radius 1 is 1.17 bits per heavy atom. The molecule has 1 fully saturated rings. The summed E-state index contributed by atoms with van der Waals surface area (Å²) >= 11 is 0. The van der Waals surface area contributed by atoms with E-state index >= 15 is 0 Å². The number of para-hydroxylation sites is 1. The molecule has 0 bridgehead atoms. The van der Waals surface area contributed by atoms with Crippen LogP contribution in [0.2, 0.25) is 0 Å². The van der Waals surface area contributed by atoms with E-state index in [2.05, 4.69) is 10.5 Å². The first kappa shape index (κ1) is 20.4. The van der Waals surface area contributed by atoms with Crippen molar-refractivity contribution in [2.45, 2.75) is 57.2 Å². The number of carbonyl (C=O) groups excluding carboxylic acids is 1. The Labute approximate surface area is 166 Å². The molecule has 10 heteroatoms. The second-order valence-corrected chi connectivity index (χ2v) is 7.33. The lowest BCUT2D eigenvalue weighted by Gasteiger charge is -2.26. The highest BCUT2D eigenvalue weighted by molar-refractivity contribution is 5.94. The maximum Gasteiger partial charge on any atom is 0.241 e. The van der Waals surface area contributed by atoms with Gasteiger partial charge in [0.15, 0.2) is 0 Å². The van der Waals surface area contributed by atoms with Crippen molar-refractivity contribution >= 4 is 22.5 Å². The summed E-state index contributed by atoms with van der Waals surface area (Å²) in [5.74, 6) is -0.0598. The Morgan fingerprint density at radius 2 is 1.93 bits per heavy atom. The molecule has 3 unspecified atom stereocenters. The molecule has 0 spiro atoms. The fourth-order valence-corrected chi connectivity index (χ4v) is 3.66. The number of hydrogen-bond acceptors (Lipinski definition) is 7. The number of nitrogens with zero attached hydrogens (tertiary/aromatic N) is 4. The number of fused-ring (bicyclic) bond motifs is 1. The number of hydrogen-bond donors (Lipinski definition) is 1. The number of aromatic nitrogens is 1. The normalized spacial score (nSPS) is 22.4. The van der Waals surface area contributed by atoms with Gasteiger partial charge in [-0.15, -0.1) is 0 Å². The summed E-state index contributed by atoms with van der Waals surface area (Å²) in [6.45, 7) is 1.75. The minimum Gasteiger partial charge on any atom is -0.300 e. The minimum atomic E-state index is -1.05. The molecule has 0 amide bonds. The van der Waals surface area contributed by atoms with Crippen LogP contribution in [0.4, 0.5) is 0 Å². The van der Waals surface area contributed by atoms with Gasteiger partial charge in [-0.3, -0.25) is 29.6 Å². The third-order valence-corrected chi connectivity index (χ3v) is 5.35. The fourth-order valence-electron chi connectivity index (χ4n) is 3.66. The highest BCUT2D eigenvalue weighted by atomic mass is 16.6. The Balaban J connectivity index is 1.56. The maximum absolute atomic E-state index is 12.5. The molecular weight excluding hydrogens is 378 g/mol. The summed E-state index contributed by atoms with van der Waals surface area (Å²) in [5, 5.41) is 27.4. The molecule has 1 aliphatic carbocycles. The molecule has 29 heavy (non-hydrogen) atoms. The average molecular weight is 401 g/mol. The van der Waals surface area contributed by atoms with Gasteiger partial charge in [-0.05, 0) is 31.9 Å². The molecule has 2 aromatic rings. The van der Waals surface area contributed by atoms with Gasteiger partial charge >= 0.3 is 0 Å². The summed E-state index contributed by atoms with van der Waals surface area (Å²) < 4.78 is 1.61. The van der Waals surface area contributed by atoms with E-state index in [4.69, 9.17) is 0 Å². The summed E-state index contributed by atoms with van der Waals surface area (Å²) in [6.07, 6.45) is 2.89. The molecule has 0 radical (unpaired) electrons. The number of nitro groups is 2. The van der Waals surface area contributed by atoms with Crippen molar-refractivity contribution in [2.24, 2.45) is 5.10 Å². The molecule has 1 aromatic carbocycles. The number of hydrazone groups is 1. The van der Waals surface area contributed by atoms with Gasteiger partial charge < -0.3 is 5.43 Å². The highest BCUT2D eigenvalue weighted by Crippen LogP contribution is 2.23. The van der Waals surface area contributed by atoms with Crippen LogP contribution < -0.4 is 5.43 Å². The van der Waals surface area contributed by atoms with Gasteiger partial charge in [0.1, 0.15) is 6.04 Å². The molecular formula is C19H23N5O5. The van der Waals surface area contributed by atoms with Crippen molar-refractivity contribution in [3.05, 3.63) is 56.8 Å². The van der Waals surface area contributed by atoms with Crippen LogP contribution in [0.15, 0.2) is 41.6 Å². The van der Waals surface area contributed by atoms with E-state index in [9.17, 15) is 25.0 Å². The van der Waals surface area contributed by atoms with Crippen LogP contribution in [0, 0.1) is 20.2 Å². The van der Waals surface area contributed by atoms with E-state index in [-0.39, 0.29) is 25.2 Å². The second-order valence-electron chi connectivity index (χ2n) is 7.33.